The molecule has 0 saturated carbocycles. The topological polar surface area (TPSA) is 101 Å². The van der Waals surface area contributed by atoms with Crippen molar-refractivity contribution < 1.29 is 26.5 Å². The van der Waals surface area contributed by atoms with Crippen LogP contribution in [0, 0.1) is 0 Å². The molecule has 0 saturated heterocycles. The number of oxazole rings is 1. The average molecular weight is 412 g/mol. The zero-order valence-electron chi connectivity index (χ0n) is 15.5. The molecule has 29 heavy (non-hydrogen) atoms. The first-order valence-electron chi connectivity index (χ1n) is 8.49. The van der Waals surface area contributed by atoms with Crippen LogP contribution < -0.4 is 13.7 Å². The van der Waals surface area contributed by atoms with Crippen LogP contribution in [0.2, 0.25) is 0 Å². The van der Waals surface area contributed by atoms with Crippen LogP contribution in [-0.4, -0.2) is 32.6 Å². The minimum absolute atomic E-state index is 0.0751. The lowest BCUT2D eigenvalue weighted by Gasteiger charge is -2.11. The van der Waals surface area contributed by atoms with Crippen molar-refractivity contribution >= 4 is 21.2 Å². The van der Waals surface area contributed by atoms with E-state index in [1.807, 2.05) is 6.07 Å². The first-order chi connectivity index (χ1) is 14.0. The van der Waals surface area contributed by atoms with Crippen molar-refractivity contribution in [2.75, 3.05) is 14.2 Å². The number of hydrogen-bond donors (Lipinski definition) is 0. The molecule has 2 aromatic carbocycles. The number of hydrogen-bond acceptors (Lipinski definition) is 8. The standard InChI is InChI=1S/C20H16N2O6S/c1-25-13-7-9-17(26-2)19(12-13)29(23,24)28-14-6-8-15-18(11-14)27-20(22-15)16-5-3-4-10-21-16/h3-12H,1-2H3. The molecule has 0 bridgehead atoms. The number of rotatable bonds is 6. The lowest BCUT2D eigenvalue weighted by atomic mass is 10.3. The summed E-state index contributed by atoms with van der Waals surface area (Å²) in [6.45, 7) is 0. The van der Waals surface area contributed by atoms with Gasteiger partial charge in [-0.25, -0.2) is 4.98 Å². The van der Waals surface area contributed by atoms with E-state index in [4.69, 9.17) is 18.1 Å². The van der Waals surface area contributed by atoms with E-state index in [1.54, 1.807) is 30.5 Å². The maximum absolute atomic E-state index is 12.8. The predicted octanol–water partition coefficient (Wildman–Crippen LogP) is 3.67. The molecule has 4 rings (SSSR count). The van der Waals surface area contributed by atoms with Crippen molar-refractivity contribution in [3.05, 3.63) is 60.8 Å². The van der Waals surface area contributed by atoms with Crippen LogP contribution in [0.15, 0.2) is 70.1 Å². The molecule has 0 unspecified atom stereocenters. The largest absolute Gasteiger partial charge is 0.497 e. The van der Waals surface area contributed by atoms with Gasteiger partial charge in [-0.1, -0.05) is 6.07 Å². The third-order valence-corrected chi connectivity index (χ3v) is 5.36. The van der Waals surface area contributed by atoms with Crippen LogP contribution in [0.1, 0.15) is 0 Å². The summed E-state index contributed by atoms with van der Waals surface area (Å²) in [4.78, 5) is 8.40. The van der Waals surface area contributed by atoms with Gasteiger partial charge in [0, 0.05) is 18.3 Å². The maximum Gasteiger partial charge on any atom is 0.343 e. The van der Waals surface area contributed by atoms with E-state index >= 15 is 0 Å². The van der Waals surface area contributed by atoms with Crippen LogP contribution in [0.3, 0.4) is 0 Å². The Labute approximate surface area is 166 Å². The lowest BCUT2D eigenvalue weighted by molar-refractivity contribution is 0.388. The van der Waals surface area contributed by atoms with Gasteiger partial charge in [-0.05, 0) is 36.4 Å². The highest BCUT2D eigenvalue weighted by Gasteiger charge is 2.23. The second-order valence-electron chi connectivity index (χ2n) is 5.92. The van der Waals surface area contributed by atoms with Crippen molar-refractivity contribution in [1.82, 2.24) is 9.97 Å². The number of aromatic nitrogens is 2. The average Bonchev–Trinajstić information content (AvgIpc) is 3.17. The van der Waals surface area contributed by atoms with Crippen LogP contribution in [0.25, 0.3) is 22.7 Å². The van der Waals surface area contributed by atoms with E-state index in [2.05, 4.69) is 9.97 Å². The first-order valence-corrected chi connectivity index (χ1v) is 9.89. The van der Waals surface area contributed by atoms with Gasteiger partial charge in [0.2, 0.25) is 5.89 Å². The van der Waals surface area contributed by atoms with E-state index in [1.165, 1.54) is 38.5 Å². The zero-order valence-corrected chi connectivity index (χ0v) is 16.3. The molecule has 2 heterocycles. The second kappa shape index (κ2) is 7.44. The van der Waals surface area contributed by atoms with Crippen molar-refractivity contribution in [3.8, 4) is 28.8 Å². The fourth-order valence-electron chi connectivity index (χ4n) is 2.71. The molecular formula is C20H16N2O6S. The van der Waals surface area contributed by atoms with Crippen molar-refractivity contribution in [1.29, 1.82) is 0 Å². The lowest BCUT2D eigenvalue weighted by Crippen LogP contribution is -2.11. The number of nitrogens with zero attached hydrogens (tertiary/aromatic N) is 2. The van der Waals surface area contributed by atoms with E-state index in [0.29, 0.717) is 28.4 Å². The Morgan fingerprint density at radius 1 is 0.931 bits per heavy atom. The molecule has 148 valence electrons. The van der Waals surface area contributed by atoms with E-state index < -0.39 is 10.1 Å². The van der Waals surface area contributed by atoms with Gasteiger partial charge in [0.05, 0.1) is 14.2 Å². The highest BCUT2D eigenvalue weighted by molar-refractivity contribution is 7.87. The van der Waals surface area contributed by atoms with E-state index in [9.17, 15) is 8.42 Å². The minimum atomic E-state index is -4.18. The van der Waals surface area contributed by atoms with Gasteiger partial charge in [-0.2, -0.15) is 8.42 Å². The summed E-state index contributed by atoms with van der Waals surface area (Å²) in [7, 11) is -1.37. The predicted molar refractivity (Wildman–Crippen MR) is 105 cm³/mol. The summed E-state index contributed by atoms with van der Waals surface area (Å²) < 4.78 is 46.8. The van der Waals surface area contributed by atoms with Crippen molar-refractivity contribution in [2.24, 2.45) is 0 Å². The molecule has 0 spiro atoms. The highest BCUT2D eigenvalue weighted by Crippen LogP contribution is 2.32. The Bertz CT molecular complexity index is 1270. The van der Waals surface area contributed by atoms with Crippen molar-refractivity contribution in [3.63, 3.8) is 0 Å². The zero-order chi connectivity index (χ0) is 20.4. The Kier molecular flexibility index (Phi) is 4.81. The summed E-state index contributed by atoms with van der Waals surface area (Å²) in [5.41, 5.74) is 1.49. The third-order valence-electron chi connectivity index (χ3n) is 4.09. The SMILES string of the molecule is COc1ccc(OC)c(S(=O)(=O)Oc2ccc3nc(-c4ccccn4)oc3c2)c1. The molecule has 8 nitrogen and oxygen atoms in total. The van der Waals surface area contributed by atoms with Gasteiger partial charge in [0.1, 0.15) is 28.5 Å². The van der Waals surface area contributed by atoms with Crippen LogP contribution in [-0.2, 0) is 10.1 Å². The quantitative estimate of drug-likeness (QED) is 0.442. The molecule has 0 atom stereocenters. The molecule has 9 heteroatoms. The van der Waals surface area contributed by atoms with Gasteiger partial charge in [-0.15, -0.1) is 0 Å². The summed E-state index contributed by atoms with van der Waals surface area (Å²) in [6.07, 6.45) is 1.63. The van der Waals surface area contributed by atoms with Gasteiger partial charge >= 0.3 is 10.1 Å². The number of pyridine rings is 1. The van der Waals surface area contributed by atoms with Gasteiger partial charge < -0.3 is 18.1 Å². The third kappa shape index (κ3) is 3.72. The summed E-state index contributed by atoms with van der Waals surface area (Å²) >= 11 is 0. The fraction of sp³-hybridized carbons (Fsp3) is 0.100. The van der Waals surface area contributed by atoms with Crippen LogP contribution >= 0.6 is 0 Å². The highest BCUT2D eigenvalue weighted by atomic mass is 32.2. The minimum Gasteiger partial charge on any atom is -0.497 e. The molecule has 0 aliphatic carbocycles. The van der Waals surface area contributed by atoms with Gasteiger partial charge in [-0.3, -0.25) is 4.98 Å². The van der Waals surface area contributed by atoms with Crippen LogP contribution in [0.5, 0.6) is 17.2 Å². The number of benzene rings is 2. The Balaban J connectivity index is 1.69. The Morgan fingerprint density at radius 3 is 2.48 bits per heavy atom. The summed E-state index contributed by atoms with van der Waals surface area (Å²) in [5.74, 6) is 0.906. The molecule has 0 amide bonds. The first kappa shape index (κ1) is 18.8. The van der Waals surface area contributed by atoms with E-state index in [-0.39, 0.29) is 16.4 Å². The molecule has 2 aromatic heterocycles. The van der Waals surface area contributed by atoms with Crippen molar-refractivity contribution in [2.45, 2.75) is 4.90 Å². The maximum atomic E-state index is 12.8. The monoisotopic (exact) mass is 412 g/mol. The number of fused-ring (bicyclic) bond motifs is 1. The molecule has 0 N–H and O–H groups in total. The fourth-order valence-corrected chi connectivity index (χ4v) is 3.81. The normalized spacial score (nSPS) is 11.4. The summed E-state index contributed by atoms with van der Waals surface area (Å²) in [6, 6.07) is 14.4. The van der Waals surface area contributed by atoms with E-state index in [0.717, 1.165) is 0 Å². The Morgan fingerprint density at radius 2 is 1.76 bits per heavy atom. The smallest absolute Gasteiger partial charge is 0.343 e. The van der Waals surface area contributed by atoms with Gasteiger partial charge in [0.25, 0.3) is 0 Å². The second-order valence-corrected chi connectivity index (χ2v) is 7.43. The molecule has 0 fully saturated rings. The summed E-state index contributed by atoms with van der Waals surface area (Å²) in [5, 5.41) is 0. The molecular weight excluding hydrogens is 396 g/mol. The molecule has 4 aromatic rings. The number of methoxy groups -OCH3 is 2. The Hall–Kier alpha value is -3.59. The molecule has 0 radical (unpaired) electrons. The molecule has 0 aliphatic rings. The van der Waals surface area contributed by atoms with Crippen LogP contribution in [0.4, 0.5) is 0 Å². The van der Waals surface area contributed by atoms with Gasteiger partial charge in [0.15, 0.2) is 10.5 Å². The number of ether oxygens (including phenoxy) is 2. The molecule has 0 aliphatic heterocycles.